The molecule has 0 unspecified atom stereocenters. The maximum absolute atomic E-state index is 3.00. The fraction of sp³-hybridized carbons (Fsp3) is 0.895. The first-order chi connectivity index (χ1) is 9.27. The predicted octanol–water partition coefficient (Wildman–Crippen LogP) is 9.01. The van der Waals surface area contributed by atoms with E-state index in [1.807, 2.05) is 83.1 Å². The largest absolute Gasteiger partial charge is 0.106 e. The van der Waals surface area contributed by atoms with E-state index < -0.39 is 0 Å². The first-order valence-electron chi connectivity index (χ1n) is 8.77. The lowest BCUT2D eigenvalue weighted by molar-refractivity contribution is 0.626. The van der Waals surface area contributed by atoms with Crippen molar-refractivity contribution < 1.29 is 0 Å². The molecule has 0 heteroatoms. The van der Waals surface area contributed by atoms with Crippen LogP contribution in [0.25, 0.3) is 0 Å². The number of hydrogen-bond acceptors (Lipinski definition) is 0. The summed E-state index contributed by atoms with van der Waals surface area (Å²) in [5, 5.41) is 0. The van der Waals surface area contributed by atoms with Crippen LogP contribution in [0.4, 0.5) is 0 Å². The van der Waals surface area contributed by atoms with Gasteiger partial charge in [-0.1, -0.05) is 110 Å². The quantitative estimate of drug-likeness (QED) is 0.420. The summed E-state index contributed by atoms with van der Waals surface area (Å²) in [7, 11) is 0. The van der Waals surface area contributed by atoms with Crippen molar-refractivity contribution in [3.05, 3.63) is 13.2 Å². The summed E-state index contributed by atoms with van der Waals surface area (Å²) in [5.41, 5.74) is 0. The lowest BCUT2D eigenvalue weighted by Gasteiger charge is -1.90. The molecule has 0 aromatic rings. The van der Waals surface area contributed by atoms with E-state index in [-0.39, 0.29) is 0 Å². The molecule has 0 aromatic carbocycles. The van der Waals surface area contributed by atoms with Gasteiger partial charge in [-0.25, -0.2) is 0 Å². The smallest absolute Gasteiger partial charge is 0.0474 e. The monoisotopic (exact) mass is 280 g/mol. The minimum atomic E-state index is 0.884. The van der Waals surface area contributed by atoms with Crippen LogP contribution >= 0.6 is 0 Å². The Hall–Kier alpha value is -0.260. The Morgan fingerprint density at radius 3 is 0.579 bits per heavy atom. The summed E-state index contributed by atoms with van der Waals surface area (Å²) in [6.45, 7) is 36.6. The van der Waals surface area contributed by atoms with E-state index in [1.165, 1.54) is 6.42 Å². The van der Waals surface area contributed by atoms with Crippen molar-refractivity contribution in [3.63, 3.8) is 0 Å². The maximum Gasteiger partial charge on any atom is -0.0474 e. The molecule has 0 rings (SSSR count). The average molecular weight is 281 g/mol. The van der Waals surface area contributed by atoms with Crippen LogP contribution in [-0.2, 0) is 0 Å². The zero-order valence-corrected chi connectivity index (χ0v) is 17.7. The molecular weight excluding hydrogens is 228 g/mol. The SMILES string of the molecule is C=C.CC.CC.CC.CC.CC.CC.CCC(C)C. The van der Waals surface area contributed by atoms with Gasteiger partial charge < -0.3 is 0 Å². The lowest BCUT2D eigenvalue weighted by Crippen LogP contribution is -1.77. The van der Waals surface area contributed by atoms with Crippen LogP contribution < -0.4 is 0 Å². The standard InChI is InChI=1S/C5H12.6C2H6.C2H4/c1-4-5(2)3;7*1-2/h5H,4H2,1-3H3;6*1-2H3;1-2H2. The van der Waals surface area contributed by atoms with Crippen LogP contribution in [0.15, 0.2) is 13.2 Å². The van der Waals surface area contributed by atoms with Crippen LogP contribution in [0.3, 0.4) is 0 Å². The Balaban J connectivity index is -0.0000000128. The molecule has 0 saturated carbocycles. The van der Waals surface area contributed by atoms with Gasteiger partial charge >= 0.3 is 0 Å². The Bertz CT molecular complexity index is 21.2. The van der Waals surface area contributed by atoms with Gasteiger partial charge in [-0.05, 0) is 5.92 Å². The third-order valence-corrected chi connectivity index (χ3v) is 0.816. The van der Waals surface area contributed by atoms with Crippen LogP contribution in [0, 0.1) is 5.92 Å². The van der Waals surface area contributed by atoms with E-state index in [2.05, 4.69) is 33.9 Å². The van der Waals surface area contributed by atoms with Crippen molar-refractivity contribution >= 4 is 0 Å². The lowest BCUT2D eigenvalue weighted by atomic mass is 10.2. The molecule has 0 bridgehead atoms. The third kappa shape index (κ3) is 1450. The van der Waals surface area contributed by atoms with Crippen LogP contribution in [-0.4, -0.2) is 0 Å². The molecule has 0 radical (unpaired) electrons. The Labute approximate surface area is 130 Å². The van der Waals surface area contributed by atoms with E-state index in [0.717, 1.165) is 5.92 Å². The summed E-state index contributed by atoms with van der Waals surface area (Å²) >= 11 is 0. The molecule has 0 aromatic heterocycles. The van der Waals surface area contributed by atoms with Crippen LogP contribution in [0.1, 0.15) is 110 Å². The molecular formula is C19H52. The highest BCUT2D eigenvalue weighted by molar-refractivity contribution is 4.32. The predicted molar refractivity (Wildman–Crippen MR) is 104 cm³/mol. The average Bonchev–Trinajstić information content (AvgIpc) is 2.60. The molecule has 19 heavy (non-hydrogen) atoms. The van der Waals surface area contributed by atoms with E-state index in [9.17, 15) is 0 Å². The molecule has 0 nitrogen and oxygen atoms in total. The highest BCUT2D eigenvalue weighted by atomic mass is 13.9. The van der Waals surface area contributed by atoms with Crippen LogP contribution in [0.2, 0.25) is 0 Å². The van der Waals surface area contributed by atoms with Gasteiger partial charge in [-0.3, -0.25) is 0 Å². The Morgan fingerprint density at radius 1 is 0.526 bits per heavy atom. The van der Waals surface area contributed by atoms with Gasteiger partial charge in [0.25, 0.3) is 0 Å². The minimum Gasteiger partial charge on any atom is -0.106 e. The maximum atomic E-state index is 3.00. The molecule has 0 saturated heterocycles. The van der Waals surface area contributed by atoms with Crippen molar-refractivity contribution in [2.45, 2.75) is 110 Å². The highest BCUT2D eigenvalue weighted by Gasteiger charge is 1.80. The van der Waals surface area contributed by atoms with E-state index in [4.69, 9.17) is 0 Å². The number of rotatable bonds is 1. The second-order valence-corrected chi connectivity index (χ2v) is 1.80. The van der Waals surface area contributed by atoms with Crippen molar-refractivity contribution in [2.24, 2.45) is 5.92 Å². The molecule has 0 atom stereocenters. The topological polar surface area (TPSA) is 0 Å². The third-order valence-electron chi connectivity index (χ3n) is 0.816. The van der Waals surface area contributed by atoms with Crippen molar-refractivity contribution in [1.82, 2.24) is 0 Å². The van der Waals surface area contributed by atoms with Gasteiger partial charge in [-0.2, -0.15) is 0 Å². The normalized spacial score (nSPS) is 4.63. The molecule has 0 heterocycles. The summed E-state index contributed by atoms with van der Waals surface area (Å²) in [4.78, 5) is 0. The molecule has 0 N–H and O–H groups in total. The van der Waals surface area contributed by atoms with Gasteiger partial charge in [0.1, 0.15) is 0 Å². The number of hydrogen-bond donors (Lipinski definition) is 0. The zero-order valence-electron chi connectivity index (χ0n) is 17.7. The van der Waals surface area contributed by atoms with Crippen LogP contribution in [0.5, 0.6) is 0 Å². The fourth-order valence-electron chi connectivity index (χ4n) is 0. The van der Waals surface area contributed by atoms with Crippen molar-refractivity contribution in [1.29, 1.82) is 0 Å². The molecule has 0 fully saturated rings. The molecule has 0 aliphatic rings. The summed E-state index contributed by atoms with van der Waals surface area (Å²) in [5.74, 6) is 0.884. The molecule has 0 aliphatic carbocycles. The van der Waals surface area contributed by atoms with Gasteiger partial charge in [0.05, 0.1) is 0 Å². The summed E-state index contributed by atoms with van der Waals surface area (Å²) in [6.07, 6.45) is 1.31. The highest BCUT2D eigenvalue weighted by Crippen LogP contribution is 1.93. The van der Waals surface area contributed by atoms with Gasteiger partial charge in [0.2, 0.25) is 0 Å². The zero-order chi connectivity index (χ0) is 18.3. The molecule has 128 valence electrons. The van der Waals surface area contributed by atoms with E-state index >= 15 is 0 Å². The van der Waals surface area contributed by atoms with Gasteiger partial charge in [0.15, 0.2) is 0 Å². The molecule has 0 amide bonds. The van der Waals surface area contributed by atoms with Crippen molar-refractivity contribution in [2.75, 3.05) is 0 Å². The van der Waals surface area contributed by atoms with E-state index in [1.54, 1.807) is 0 Å². The Morgan fingerprint density at radius 2 is 0.579 bits per heavy atom. The first kappa shape index (κ1) is 51.1. The summed E-state index contributed by atoms with van der Waals surface area (Å²) < 4.78 is 0. The second-order valence-electron chi connectivity index (χ2n) is 1.80. The second kappa shape index (κ2) is 355. The molecule has 0 spiro atoms. The van der Waals surface area contributed by atoms with Gasteiger partial charge in [-0.15, -0.1) is 13.2 Å². The first-order valence-corrected chi connectivity index (χ1v) is 8.77. The summed E-state index contributed by atoms with van der Waals surface area (Å²) in [6, 6.07) is 0. The van der Waals surface area contributed by atoms with Gasteiger partial charge in [0, 0.05) is 0 Å². The molecule has 0 aliphatic heterocycles. The van der Waals surface area contributed by atoms with Crippen molar-refractivity contribution in [3.8, 4) is 0 Å². The minimum absolute atomic E-state index is 0.884. The Kier molecular flexibility index (Phi) is 956. The van der Waals surface area contributed by atoms with E-state index in [0.29, 0.717) is 0 Å². The fourth-order valence-corrected chi connectivity index (χ4v) is 0.